The smallest absolute Gasteiger partial charge is 0.334 e. The fourth-order valence-electron chi connectivity index (χ4n) is 3.91. The molecular weight excluding hydrogens is 360 g/mol. The quantitative estimate of drug-likeness (QED) is 0.330. The third-order valence-electron chi connectivity index (χ3n) is 5.36. The zero-order valence-corrected chi connectivity index (χ0v) is 16.5. The molecule has 1 fully saturated rings. The van der Waals surface area contributed by atoms with Gasteiger partial charge < -0.3 is 9.47 Å². The summed E-state index contributed by atoms with van der Waals surface area (Å²) >= 11 is 0. The Morgan fingerprint density at radius 3 is 1.69 bits per heavy atom. The van der Waals surface area contributed by atoms with Crippen LogP contribution in [0.5, 0.6) is 0 Å². The molecule has 3 nitrogen and oxygen atoms in total. The summed E-state index contributed by atoms with van der Waals surface area (Å²) in [5.41, 5.74) is 3.02. The predicted molar refractivity (Wildman–Crippen MR) is 113 cm³/mol. The van der Waals surface area contributed by atoms with Crippen molar-refractivity contribution in [3.8, 4) is 0 Å². The van der Waals surface area contributed by atoms with E-state index in [1.807, 2.05) is 67.6 Å². The van der Waals surface area contributed by atoms with Crippen LogP contribution in [0.15, 0.2) is 103 Å². The fourth-order valence-corrected chi connectivity index (χ4v) is 3.91. The zero-order chi connectivity index (χ0) is 20.1. The largest absolute Gasteiger partial charge is 0.456 e. The zero-order valence-electron chi connectivity index (χ0n) is 16.5. The van der Waals surface area contributed by atoms with E-state index in [1.165, 1.54) is 0 Å². The van der Waals surface area contributed by atoms with Crippen molar-refractivity contribution in [3.63, 3.8) is 0 Å². The monoisotopic (exact) mass is 384 g/mol. The summed E-state index contributed by atoms with van der Waals surface area (Å²) in [6.45, 7) is 2.17. The van der Waals surface area contributed by atoms with Gasteiger partial charge in [-0.3, -0.25) is 0 Å². The molecule has 0 amide bonds. The summed E-state index contributed by atoms with van der Waals surface area (Å²) in [6.07, 6.45) is 2.11. The van der Waals surface area contributed by atoms with Gasteiger partial charge in [0.25, 0.3) is 0 Å². The molecule has 0 saturated carbocycles. The Bertz CT molecular complexity index is 882. The third kappa shape index (κ3) is 3.74. The first kappa shape index (κ1) is 19.2. The van der Waals surface area contributed by atoms with E-state index in [-0.39, 0.29) is 12.1 Å². The normalized spacial score (nSPS) is 18.0. The van der Waals surface area contributed by atoms with E-state index in [4.69, 9.17) is 9.47 Å². The molecule has 1 atom stereocenters. The predicted octanol–water partition coefficient (Wildman–Crippen LogP) is 5.26. The summed E-state index contributed by atoms with van der Waals surface area (Å²) in [5, 5.41) is 0. The molecular formula is C26H24O3. The van der Waals surface area contributed by atoms with Gasteiger partial charge in [-0.2, -0.15) is 0 Å². The Kier molecular flexibility index (Phi) is 5.59. The fraction of sp³-hybridized carbons (Fsp3) is 0.192. The van der Waals surface area contributed by atoms with Gasteiger partial charge >= 0.3 is 5.97 Å². The Morgan fingerprint density at radius 2 is 1.31 bits per heavy atom. The Morgan fingerprint density at radius 1 is 0.862 bits per heavy atom. The van der Waals surface area contributed by atoms with Gasteiger partial charge in [0, 0.05) is 12.0 Å². The van der Waals surface area contributed by atoms with Crippen molar-refractivity contribution in [1.29, 1.82) is 0 Å². The molecule has 1 heterocycles. The maximum absolute atomic E-state index is 12.0. The summed E-state index contributed by atoms with van der Waals surface area (Å²) < 4.78 is 12.2. The molecule has 0 aliphatic carbocycles. The second kappa shape index (κ2) is 8.46. The van der Waals surface area contributed by atoms with Gasteiger partial charge in [0.15, 0.2) is 0 Å². The van der Waals surface area contributed by atoms with Crippen molar-refractivity contribution in [3.05, 3.63) is 119 Å². The maximum atomic E-state index is 12.0. The molecule has 0 spiro atoms. The van der Waals surface area contributed by atoms with Crippen molar-refractivity contribution in [2.75, 3.05) is 6.61 Å². The van der Waals surface area contributed by atoms with E-state index in [9.17, 15) is 4.79 Å². The summed E-state index contributed by atoms with van der Waals surface area (Å²) in [6, 6.07) is 30.6. The molecule has 29 heavy (non-hydrogen) atoms. The first-order valence-corrected chi connectivity index (χ1v) is 9.90. The lowest BCUT2D eigenvalue weighted by atomic mass is 9.80. The summed E-state index contributed by atoms with van der Waals surface area (Å²) in [4.78, 5) is 12.0. The van der Waals surface area contributed by atoms with Crippen LogP contribution < -0.4 is 0 Å². The minimum atomic E-state index is -0.797. The van der Waals surface area contributed by atoms with Crippen LogP contribution in [0.4, 0.5) is 0 Å². The number of carbonyl (C=O) groups excluding carboxylic acids is 1. The number of carbonyl (C=O) groups is 1. The van der Waals surface area contributed by atoms with Gasteiger partial charge in [-0.25, -0.2) is 4.79 Å². The van der Waals surface area contributed by atoms with Crippen LogP contribution in [-0.2, 0) is 19.9 Å². The van der Waals surface area contributed by atoms with Gasteiger partial charge in [-0.1, -0.05) is 97.1 Å². The van der Waals surface area contributed by atoms with Gasteiger partial charge in [-0.05, 0) is 23.6 Å². The average Bonchev–Trinajstić information content (AvgIpc) is 3.16. The second-order valence-electron chi connectivity index (χ2n) is 7.14. The van der Waals surface area contributed by atoms with Crippen LogP contribution in [0.25, 0.3) is 0 Å². The van der Waals surface area contributed by atoms with E-state index in [2.05, 4.69) is 36.4 Å². The van der Waals surface area contributed by atoms with E-state index in [1.54, 1.807) is 0 Å². The molecule has 0 unspecified atom stereocenters. The molecule has 3 heteroatoms. The van der Waals surface area contributed by atoms with Crippen LogP contribution in [0.2, 0.25) is 0 Å². The number of benzene rings is 3. The highest BCUT2D eigenvalue weighted by Gasteiger charge is 2.39. The SMILES string of the molecule is C/C=C1\C[C@@H](COC(c2ccccc2)(c2ccccc2)c2ccccc2)OC1=O. The molecule has 0 N–H and O–H groups in total. The Labute approximate surface area is 171 Å². The lowest BCUT2D eigenvalue weighted by molar-refractivity contribution is -0.143. The minimum Gasteiger partial charge on any atom is -0.456 e. The first-order valence-electron chi connectivity index (χ1n) is 9.90. The van der Waals surface area contributed by atoms with E-state index in [0.717, 1.165) is 16.7 Å². The molecule has 0 bridgehead atoms. The molecule has 0 radical (unpaired) electrons. The van der Waals surface area contributed by atoms with Crippen molar-refractivity contribution in [2.45, 2.75) is 25.0 Å². The van der Waals surface area contributed by atoms with Gasteiger partial charge in [-0.15, -0.1) is 0 Å². The average molecular weight is 384 g/mol. The van der Waals surface area contributed by atoms with Crippen molar-refractivity contribution in [1.82, 2.24) is 0 Å². The molecule has 4 rings (SSSR count). The van der Waals surface area contributed by atoms with Crippen molar-refractivity contribution in [2.24, 2.45) is 0 Å². The number of esters is 1. The van der Waals surface area contributed by atoms with Gasteiger partial charge in [0.05, 0.1) is 6.61 Å². The van der Waals surface area contributed by atoms with Crippen LogP contribution in [0.1, 0.15) is 30.0 Å². The number of allylic oxidation sites excluding steroid dienone is 1. The highest BCUT2D eigenvalue weighted by molar-refractivity contribution is 5.90. The molecule has 146 valence electrons. The van der Waals surface area contributed by atoms with Crippen LogP contribution >= 0.6 is 0 Å². The second-order valence-corrected chi connectivity index (χ2v) is 7.14. The molecule has 1 aliphatic heterocycles. The Balaban J connectivity index is 1.79. The first-order chi connectivity index (χ1) is 14.2. The van der Waals surface area contributed by atoms with Crippen LogP contribution in [0, 0.1) is 0 Å². The number of cyclic esters (lactones) is 1. The molecule has 3 aromatic rings. The summed E-state index contributed by atoms with van der Waals surface area (Å²) in [7, 11) is 0. The van der Waals surface area contributed by atoms with Crippen LogP contribution in [-0.4, -0.2) is 18.7 Å². The van der Waals surface area contributed by atoms with E-state index < -0.39 is 5.60 Å². The van der Waals surface area contributed by atoms with E-state index in [0.29, 0.717) is 18.6 Å². The van der Waals surface area contributed by atoms with Crippen molar-refractivity contribution >= 4 is 5.97 Å². The number of rotatable bonds is 6. The molecule has 0 aromatic heterocycles. The van der Waals surface area contributed by atoms with Crippen molar-refractivity contribution < 1.29 is 14.3 Å². The third-order valence-corrected chi connectivity index (χ3v) is 5.36. The number of hydrogen-bond acceptors (Lipinski definition) is 3. The standard InChI is InChI=1S/C26H24O3/c1-2-20-18-24(29-25(20)27)19-28-26(21-12-6-3-7-13-21,22-14-8-4-9-15-22)23-16-10-5-11-17-23/h2-17,24H,18-19H2,1H3/b20-2+/t24-/m0/s1. The van der Waals surface area contributed by atoms with Gasteiger partial charge in [0.2, 0.25) is 0 Å². The molecule has 3 aromatic carbocycles. The topological polar surface area (TPSA) is 35.5 Å². The lowest BCUT2D eigenvalue weighted by Crippen LogP contribution is -2.35. The van der Waals surface area contributed by atoms with E-state index >= 15 is 0 Å². The summed E-state index contributed by atoms with van der Waals surface area (Å²) in [5.74, 6) is -0.245. The number of hydrogen-bond donors (Lipinski definition) is 0. The maximum Gasteiger partial charge on any atom is 0.334 e. The Hall–Kier alpha value is -3.17. The highest BCUT2D eigenvalue weighted by atomic mass is 16.6. The number of ether oxygens (including phenoxy) is 2. The highest BCUT2D eigenvalue weighted by Crippen LogP contribution is 2.41. The minimum absolute atomic E-state index is 0.245. The van der Waals surface area contributed by atoms with Crippen LogP contribution in [0.3, 0.4) is 0 Å². The van der Waals surface area contributed by atoms with Gasteiger partial charge in [0.1, 0.15) is 11.7 Å². The molecule has 1 aliphatic rings. The lowest BCUT2D eigenvalue weighted by Gasteiger charge is -2.36. The molecule has 1 saturated heterocycles.